The molecule has 5 heteroatoms. The van der Waals surface area contributed by atoms with Crippen LogP contribution in [-0.4, -0.2) is 19.5 Å². The molecule has 5 nitrogen and oxygen atoms in total. The zero-order chi connectivity index (χ0) is 36.4. The SMILES string of the molecule is Cc1cc(-c2nc(-c3ccccc3)nc(-c3ccccc3)n2)ccc1Oc1ccc(-c2ccc3c(c2)c2cccc4c2n3-c2ccccc2C4(C)C)cc1. The highest BCUT2D eigenvalue weighted by molar-refractivity contribution is 6.12. The van der Waals surface area contributed by atoms with Gasteiger partial charge in [-0.05, 0) is 83.3 Å². The van der Waals surface area contributed by atoms with Gasteiger partial charge in [-0.3, -0.25) is 0 Å². The predicted molar refractivity (Wildman–Crippen MR) is 219 cm³/mol. The number of fused-ring (bicyclic) bond motifs is 5. The average molecular weight is 697 g/mol. The monoisotopic (exact) mass is 696 g/mol. The molecule has 3 heterocycles. The normalized spacial score (nSPS) is 12.9. The van der Waals surface area contributed by atoms with E-state index in [1.54, 1.807) is 0 Å². The number of rotatable bonds is 6. The fourth-order valence-corrected chi connectivity index (χ4v) is 8.03. The molecule has 0 amide bonds. The van der Waals surface area contributed by atoms with E-state index in [9.17, 15) is 0 Å². The number of benzene rings is 7. The summed E-state index contributed by atoms with van der Waals surface area (Å²) < 4.78 is 8.90. The predicted octanol–water partition coefficient (Wildman–Crippen LogP) is 12.4. The van der Waals surface area contributed by atoms with Crippen LogP contribution in [0.25, 0.3) is 72.8 Å². The average Bonchev–Trinajstić information content (AvgIpc) is 3.56. The second-order valence-electron chi connectivity index (χ2n) is 14.6. The maximum atomic E-state index is 6.44. The van der Waals surface area contributed by atoms with Gasteiger partial charge < -0.3 is 9.30 Å². The minimum absolute atomic E-state index is 0.0809. The molecule has 0 saturated carbocycles. The minimum Gasteiger partial charge on any atom is -0.457 e. The van der Waals surface area contributed by atoms with Gasteiger partial charge in [-0.15, -0.1) is 0 Å². The smallest absolute Gasteiger partial charge is 0.164 e. The molecule has 0 N–H and O–H groups in total. The Kier molecular flexibility index (Phi) is 7.31. The van der Waals surface area contributed by atoms with E-state index in [2.05, 4.69) is 104 Å². The van der Waals surface area contributed by atoms with Crippen LogP contribution in [0.1, 0.15) is 30.5 Å². The van der Waals surface area contributed by atoms with E-state index < -0.39 is 0 Å². The van der Waals surface area contributed by atoms with Crippen molar-refractivity contribution in [3.63, 3.8) is 0 Å². The third-order valence-corrected chi connectivity index (χ3v) is 10.8. The van der Waals surface area contributed by atoms with E-state index in [-0.39, 0.29) is 5.41 Å². The summed E-state index contributed by atoms with van der Waals surface area (Å²) >= 11 is 0. The first-order valence-corrected chi connectivity index (χ1v) is 18.4. The number of para-hydroxylation sites is 2. The quantitative estimate of drug-likeness (QED) is 0.174. The van der Waals surface area contributed by atoms with Gasteiger partial charge in [-0.1, -0.05) is 129 Å². The Morgan fingerprint density at radius 2 is 1.07 bits per heavy atom. The maximum Gasteiger partial charge on any atom is 0.164 e. The summed E-state index contributed by atoms with van der Waals surface area (Å²) in [5, 5.41) is 2.55. The van der Waals surface area contributed by atoms with Gasteiger partial charge in [-0.25, -0.2) is 15.0 Å². The molecule has 7 aromatic carbocycles. The van der Waals surface area contributed by atoms with Crippen LogP contribution in [0.4, 0.5) is 0 Å². The summed E-state index contributed by atoms with van der Waals surface area (Å²) in [6, 6.07) is 57.0. The molecule has 1 aliphatic heterocycles. The highest BCUT2D eigenvalue weighted by Gasteiger charge is 2.34. The molecule has 0 saturated heterocycles. The number of aryl methyl sites for hydroxylation is 1. The number of hydrogen-bond donors (Lipinski definition) is 0. The van der Waals surface area contributed by atoms with Crippen molar-refractivity contribution in [2.75, 3.05) is 0 Å². The highest BCUT2D eigenvalue weighted by atomic mass is 16.5. The Bertz CT molecular complexity index is 2820. The molecule has 0 unspecified atom stereocenters. The van der Waals surface area contributed by atoms with Crippen LogP contribution in [0.5, 0.6) is 11.5 Å². The first kappa shape index (κ1) is 31.9. The molecule has 10 rings (SSSR count). The van der Waals surface area contributed by atoms with Gasteiger partial charge in [0.15, 0.2) is 17.5 Å². The Labute approximate surface area is 314 Å². The largest absolute Gasteiger partial charge is 0.457 e. The van der Waals surface area contributed by atoms with Crippen molar-refractivity contribution < 1.29 is 4.74 Å². The molecule has 54 heavy (non-hydrogen) atoms. The first-order valence-electron chi connectivity index (χ1n) is 18.4. The van der Waals surface area contributed by atoms with Gasteiger partial charge in [0.2, 0.25) is 0 Å². The van der Waals surface area contributed by atoms with Crippen molar-refractivity contribution in [1.29, 1.82) is 0 Å². The van der Waals surface area contributed by atoms with Crippen molar-refractivity contribution in [2.45, 2.75) is 26.2 Å². The van der Waals surface area contributed by atoms with Crippen LogP contribution in [0.3, 0.4) is 0 Å². The number of nitrogens with zero attached hydrogens (tertiary/aromatic N) is 4. The number of aromatic nitrogens is 4. The topological polar surface area (TPSA) is 52.8 Å². The molecule has 1 aliphatic rings. The summed E-state index contributed by atoms with van der Waals surface area (Å²) in [6.45, 7) is 6.73. The first-order chi connectivity index (χ1) is 26.4. The van der Waals surface area contributed by atoms with Gasteiger partial charge in [0.1, 0.15) is 11.5 Å². The molecule has 0 fully saturated rings. The van der Waals surface area contributed by atoms with Crippen LogP contribution < -0.4 is 4.74 Å². The van der Waals surface area contributed by atoms with E-state index in [0.29, 0.717) is 17.5 Å². The highest BCUT2D eigenvalue weighted by Crippen LogP contribution is 2.47. The lowest BCUT2D eigenvalue weighted by molar-refractivity contribution is 0.479. The van der Waals surface area contributed by atoms with Crippen LogP contribution in [0.2, 0.25) is 0 Å². The van der Waals surface area contributed by atoms with E-state index in [1.807, 2.05) is 84.9 Å². The third kappa shape index (κ3) is 5.20. The van der Waals surface area contributed by atoms with Crippen LogP contribution >= 0.6 is 0 Å². The van der Waals surface area contributed by atoms with Gasteiger partial charge in [0.25, 0.3) is 0 Å². The second-order valence-corrected chi connectivity index (χ2v) is 14.6. The molecule has 0 radical (unpaired) electrons. The van der Waals surface area contributed by atoms with E-state index >= 15 is 0 Å². The Morgan fingerprint density at radius 3 is 1.76 bits per heavy atom. The molecule has 0 atom stereocenters. The summed E-state index contributed by atoms with van der Waals surface area (Å²) in [5.74, 6) is 3.46. The van der Waals surface area contributed by atoms with Gasteiger partial charge in [-0.2, -0.15) is 0 Å². The lowest BCUT2D eigenvalue weighted by atomic mass is 9.75. The van der Waals surface area contributed by atoms with Crippen molar-refractivity contribution >= 4 is 21.8 Å². The summed E-state index contributed by atoms with van der Waals surface area (Å²) in [4.78, 5) is 14.6. The van der Waals surface area contributed by atoms with Crippen molar-refractivity contribution in [3.05, 3.63) is 180 Å². The summed E-state index contributed by atoms with van der Waals surface area (Å²) in [5.41, 5.74) is 12.5. The molecular weight excluding hydrogens is 661 g/mol. The summed E-state index contributed by atoms with van der Waals surface area (Å²) in [6.07, 6.45) is 0. The van der Waals surface area contributed by atoms with Crippen molar-refractivity contribution in [1.82, 2.24) is 19.5 Å². The third-order valence-electron chi connectivity index (χ3n) is 10.8. The van der Waals surface area contributed by atoms with E-state index in [0.717, 1.165) is 39.3 Å². The molecule has 0 bridgehead atoms. The fourth-order valence-electron chi connectivity index (χ4n) is 8.03. The van der Waals surface area contributed by atoms with Crippen LogP contribution in [0, 0.1) is 6.92 Å². The molecule has 2 aromatic heterocycles. The van der Waals surface area contributed by atoms with E-state index in [1.165, 1.54) is 44.2 Å². The Balaban J connectivity index is 0.952. The maximum absolute atomic E-state index is 6.44. The van der Waals surface area contributed by atoms with Gasteiger partial charge in [0, 0.05) is 32.9 Å². The fraction of sp³-hybridized carbons (Fsp3) is 0.0816. The molecule has 258 valence electrons. The van der Waals surface area contributed by atoms with Crippen LogP contribution in [0.15, 0.2) is 164 Å². The van der Waals surface area contributed by atoms with Crippen molar-refractivity contribution in [3.8, 4) is 62.5 Å². The standard InChI is InChI=1S/C49H36N4O/c1-31-29-36(48-51-46(33-13-6-4-7-14-33)50-47(52-48)34-15-8-5-9-16-34)24-28-44(31)54-37-25-21-32(22-26-37)35-23-27-42-39(30-35)38-17-12-19-41-45(38)53(42)43-20-11-10-18-40(43)49(41,2)3/h4-30H,1-3H3. The number of hydrogen-bond acceptors (Lipinski definition) is 4. The molecule has 0 spiro atoms. The van der Waals surface area contributed by atoms with Crippen molar-refractivity contribution in [2.24, 2.45) is 0 Å². The Morgan fingerprint density at radius 1 is 0.481 bits per heavy atom. The lowest BCUT2D eigenvalue weighted by Gasteiger charge is -2.34. The second kappa shape index (κ2) is 12.4. The minimum atomic E-state index is -0.0809. The zero-order valence-electron chi connectivity index (χ0n) is 30.3. The van der Waals surface area contributed by atoms with E-state index in [4.69, 9.17) is 19.7 Å². The number of ether oxygens (including phenoxy) is 1. The molecule has 9 aromatic rings. The molecule has 0 aliphatic carbocycles. The lowest BCUT2D eigenvalue weighted by Crippen LogP contribution is -2.26. The summed E-state index contributed by atoms with van der Waals surface area (Å²) in [7, 11) is 0. The molecular formula is C49H36N4O. The van der Waals surface area contributed by atoms with Gasteiger partial charge >= 0.3 is 0 Å². The zero-order valence-corrected chi connectivity index (χ0v) is 30.3. The van der Waals surface area contributed by atoms with Crippen LogP contribution in [-0.2, 0) is 5.41 Å². The van der Waals surface area contributed by atoms with Gasteiger partial charge in [0.05, 0.1) is 16.7 Å². The Hall–Kier alpha value is -6.85.